The average molecular weight is 236 g/mol. The smallest absolute Gasteiger partial charge is 0.355 e. The summed E-state index contributed by atoms with van der Waals surface area (Å²) in [5.41, 5.74) is 0. The van der Waals surface area contributed by atoms with Gasteiger partial charge in [-0.2, -0.15) is 0 Å². The van der Waals surface area contributed by atoms with E-state index in [0.717, 1.165) is 0 Å². The van der Waals surface area contributed by atoms with Gasteiger partial charge in [-0.05, 0) is 19.1 Å². The zero-order valence-electron chi connectivity index (χ0n) is 10.0. The molecule has 0 spiro atoms. The lowest BCUT2D eigenvalue weighted by molar-refractivity contribution is -0.155. The standard InChI is InChI=1S/C13H16O4/c1-3-11(14)12(13(15)16-4-2)17-10-8-6-5-7-9-10/h5-9,12H,3-4H2,1-2H3. The number of Topliss-reactive ketones (excluding diaryl/α,β-unsaturated/α-hetero) is 1. The van der Waals surface area contributed by atoms with Crippen molar-refractivity contribution in [1.29, 1.82) is 0 Å². The van der Waals surface area contributed by atoms with Gasteiger partial charge in [-0.25, -0.2) is 4.79 Å². The molecule has 1 unspecified atom stereocenters. The summed E-state index contributed by atoms with van der Waals surface area (Å²) in [6.07, 6.45) is -0.932. The Hall–Kier alpha value is -1.84. The van der Waals surface area contributed by atoms with Gasteiger partial charge in [0.2, 0.25) is 0 Å². The van der Waals surface area contributed by atoms with Crippen molar-refractivity contribution in [3.05, 3.63) is 30.3 Å². The number of rotatable bonds is 6. The highest BCUT2D eigenvalue weighted by atomic mass is 16.6. The predicted octanol–water partition coefficient (Wildman–Crippen LogP) is 1.98. The van der Waals surface area contributed by atoms with Gasteiger partial charge in [-0.15, -0.1) is 0 Å². The third-order valence-electron chi connectivity index (χ3n) is 2.14. The van der Waals surface area contributed by atoms with Crippen molar-refractivity contribution in [1.82, 2.24) is 0 Å². The quantitative estimate of drug-likeness (QED) is 0.559. The summed E-state index contributed by atoms with van der Waals surface area (Å²) in [5, 5.41) is 0. The van der Waals surface area contributed by atoms with Crippen molar-refractivity contribution in [2.24, 2.45) is 0 Å². The highest BCUT2D eigenvalue weighted by Gasteiger charge is 2.28. The molecule has 0 saturated carbocycles. The largest absolute Gasteiger partial charge is 0.471 e. The first-order valence-electron chi connectivity index (χ1n) is 5.60. The van der Waals surface area contributed by atoms with Gasteiger partial charge in [0.25, 0.3) is 6.10 Å². The summed E-state index contributed by atoms with van der Waals surface area (Å²) in [4.78, 5) is 23.2. The Morgan fingerprint density at radius 1 is 1.18 bits per heavy atom. The second kappa shape index (κ2) is 6.68. The highest BCUT2D eigenvalue weighted by molar-refractivity contribution is 6.02. The molecule has 0 aliphatic heterocycles. The molecule has 0 radical (unpaired) electrons. The molecule has 0 aromatic heterocycles. The van der Waals surface area contributed by atoms with Crippen molar-refractivity contribution < 1.29 is 19.1 Å². The molecule has 1 aromatic rings. The lowest BCUT2D eigenvalue weighted by Gasteiger charge is -2.15. The predicted molar refractivity (Wildman–Crippen MR) is 62.8 cm³/mol. The Morgan fingerprint density at radius 3 is 2.35 bits per heavy atom. The average Bonchev–Trinajstić information content (AvgIpc) is 2.36. The normalized spacial score (nSPS) is 11.6. The zero-order valence-corrected chi connectivity index (χ0v) is 10.0. The third kappa shape index (κ3) is 3.90. The van der Waals surface area contributed by atoms with Gasteiger partial charge in [-0.1, -0.05) is 25.1 Å². The van der Waals surface area contributed by atoms with Crippen LogP contribution in [0.2, 0.25) is 0 Å². The fourth-order valence-electron chi connectivity index (χ4n) is 1.28. The number of hydrogen-bond acceptors (Lipinski definition) is 4. The van der Waals surface area contributed by atoms with Crippen LogP contribution < -0.4 is 4.74 Å². The first-order valence-corrected chi connectivity index (χ1v) is 5.60. The minimum atomic E-state index is -1.16. The summed E-state index contributed by atoms with van der Waals surface area (Å²) in [6, 6.07) is 8.75. The van der Waals surface area contributed by atoms with Gasteiger partial charge in [0.15, 0.2) is 5.78 Å². The molecular formula is C13H16O4. The van der Waals surface area contributed by atoms with Crippen LogP contribution in [0.5, 0.6) is 5.75 Å². The molecule has 1 atom stereocenters. The molecule has 0 N–H and O–H groups in total. The zero-order chi connectivity index (χ0) is 12.7. The summed E-state index contributed by atoms with van der Waals surface area (Å²) < 4.78 is 10.2. The second-order valence-electron chi connectivity index (χ2n) is 3.38. The number of esters is 1. The summed E-state index contributed by atoms with van der Waals surface area (Å²) in [7, 11) is 0. The van der Waals surface area contributed by atoms with Crippen LogP contribution in [0.25, 0.3) is 0 Å². The van der Waals surface area contributed by atoms with E-state index in [4.69, 9.17) is 9.47 Å². The Labute approximate surface area is 101 Å². The van der Waals surface area contributed by atoms with Crippen LogP contribution in [-0.4, -0.2) is 24.5 Å². The first kappa shape index (κ1) is 13.2. The lowest BCUT2D eigenvalue weighted by Crippen LogP contribution is -2.36. The van der Waals surface area contributed by atoms with Crippen LogP contribution in [0.1, 0.15) is 20.3 Å². The van der Waals surface area contributed by atoms with Crippen LogP contribution in [0, 0.1) is 0 Å². The minimum absolute atomic E-state index is 0.227. The van der Waals surface area contributed by atoms with E-state index in [1.807, 2.05) is 6.07 Å². The number of ketones is 1. The highest BCUT2D eigenvalue weighted by Crippen LogP contribution is 2.13. The van der Waals surface area contributed by atoms with E-state index in [1.165, 1.54) is 0 Å². The molecule has 4 heteroatoms. The molecule has 0 aliphatic carbocycles. The van der Waals surface area contributed by atoms with Crippen LogP contribution in [-0.2, 0) is 14.3 Å². The second-order valence-corrected chi connectivity index (χ2v) is 3.38. The Bertz CT molecular complexity index is 372. The molecule has 17 heavy (non-hydrogen) atoms. The van der Waals surface area contributed by atoms with E-state index in [-0.39, 0.29) is 18.8 Å². The Kier molecular flexibility index (Phi) is 5.20. The maximum atomic E-state index is 11.6. The number of carbonyl (C=O) groups is 2. The molecule has 0 bridgehead atoms. The number of hydrogen-bond donors (Lipinski definition) is 0. The Morgan fingerprint density at radius 2 is 1.82 bits per heavy atom. The van der Waals surface area contributed by atoms with Crippen molar-refractivity contribution in [2.75, 3.05) is 6.61 Å². The van der Waals surface area contributed by atoms with E-state index in [0.29, 0.717) is 5.75 Å². The van der Waals surface area contributed by atoms with Crippen molar-refractivity contribution in [3.63, 3.8) is 0 Å². The van der Waals surface area contributed by atoms with Gasteiger partial charge in [0.1, 0.15) is 5.75 Å². The maximum Gasteiger partial charge on any atom is 0.355 e. The molecule has 0 aliphatic rings. The Balaban J connectivity index is 2.77. The van der Waals surface area contributed by atoms with E-state index >= 15 is 0 Å². The molecule has 1 aromatic carbocycles. The molecule has 1 rings (SSSR count). The number of carbonyl (C=O) groups excluding carboxylic acids is 2. The van der Waals surface area contributed by atoms with Crippen LogP contribution >= 0.6 is 0 Å². The molecule has 92 valence electrons. The molecule has 4 nitrogen and oxygen atoms in total. The monoisotopic (exact) mass is 236 g/mol. The minimum Gasteiger partial charge on any atom is -0.471 e. The SMILES string of the molecule is CCOC(=O)C(Oc1ccccc1)C(=O)CC. The molecular weight excluding hydrogens is 220 g/mol. The summed E-state index contributed by atoms with van der Waals surface area (Å²) in [6.45, 7) is 3.60. The first-order chi connectivity index (χ1) is 8.19. The van der Waals surface area contributed by atoms with Crippen LogP contribution in [0.15, 0.2) is 30.3 Å². The van der Waals surface area contributed by atoms with Crippen LogP contribution in [0.4, 0.5) is 0 Å². The van der Waals surface area contributed by atoms with E-state index in [1.54, 1.807) is 38.1 Å². The number of ether oxygens (including phenoxy) is 2. The lowest BCUT2D eigenvalue weighted by atomic mass is 10.2. The van der Waals surface area contributed by atoms with E-state index in [9.17, 15) is 9.59 Å². The van der Waals surface area contributed by atoms with Gasteiger partial charge in [0, 0.05) is 6.42 Å². The third-order valence-corrected chi connectivity index (χ3v) is 2.14. The van der Waals surface area contributed by atoms with Gasteiger partial charge in [0.05, 0.1) is 6.61 Å². The number of para-hydroxylation sites is 1. The topological polar surface area (TPSA) is 52.6 Å². The van der Waals surface area contributed by atoms with Crippen molar-refractivity contribution >= 4 is 11.8 Å². The van der Waals surface area contributed by atoms with Crippen molar-refractivity contribution in [2.45, 2.75) is 26.4 Å². The summed E-state index contributed by atoms with van der Waals surface area (Å²) >= 11 is 0. The van der Waals surface area contributed by atoms with Crippen LogP contribution in [0.3, 0.4) is 0 Å². The maximum absolute atomic E-state index is 11.6. The molecule has 0 saturated heterocycles. The fraction of sp³-hybridized carbons (Fsp3) is 0.385. The van der Waals surface area contributed by atoms with E-state index < -0.39 is 12.1 Å². The van der Waals surface area contributed by atoms with Crippen molar-refractivity contribution in [3.8, 4) is 5.75 Å². The van der Waals surface area contributed by atoms with E-state index in [2.05, 4.69) is 0 Å². The molecule has 0 fully saturated rings. The van der Waals surface area contributed by atoms with Gasteiger partial charge in [-0.3, -0.25) is 4.79 Å². The number of benzene rings is 1. The summed E-state index contributed by atoms with van der Waals surface area (Å²) in [5.74, 6) is -0.442. The molecule has 0 heterocycles. The molecule has 0 amide bonds. The fourth-order valence-corrected chi connectivity index (χ4v) is 1.28. The van der Waals surface area contributed by atoms with Gasteiger partial charge >= 0.3 is 5.97 Å². The van der Waals surface area contributed by atoms with Gasteiger partial charge < -0.3 is 9.47 Å².